The number of nitrogens with one attached hydrogen (secondary N) is 1. The number of aromatic nitrogens is 3. The lowest BCUT2D eigenvalue weighted by molar-refractivity contribution is 0.104. The zero-order valence-electron chi connectivity index (χ0n) is 8.29. The minimum Gasteiger partial charge on any atom is -0.325 e. The van der Waals surface area contributed by atoms with E-state index in [2.05, 4.69) is 15.4 Å². The summed E-state index contributed by atoms with van der Waals surface area (Å²) in [5, 5.41) is 10.9. The van der Waals surface area contributed by atoms with Gasteiger partial charge in [-0.05, 0) is 38.5 Å². The minimum absolute atomic E-state index is 0.144. The summed E-state index contributed by atoms with van der Waals surface area (Å²) in [7, 11) is 0. The van der Waals surface area contributed by atoms with Gasteiger partial charge in [0.15, 0.2) is 0 Å². The summed E-state index contributed by atoms with van der Waals surface area (Å²) in [5.74, 6) is 0. The standard InChI is InChI=1S/C10H16N4/c11-10-4-1-9(2-5-10,3-6-10)8-7-12-14-13-8/h7H,1-6,11H2,(H,12,13,14). The predicted octanol–water partition coefficient (Wildman–Crippen LogP) is 1.11. The molecule has 4 rings (SSSR count). The van der Waals surface area contributed by atoms with Gasteiger partial charge >= 0.3 is 0 Å². The van der Waals surface area contributed by atoms with E-state index in [4.69, 9.17) is 5.73 Å². The summed E-state index contributed by atoms with van der Waals surface area (Å²) >= 11 is 0. The van der Waals surface area contributed by atoms with Crippen molar-refractivity contribution in [1.29, 1.82) is 0 Å². The monoisotopic (exact) mass is 192 g/mol. The van der Waals surface area contributed by atoms with Gasteiger partial charge in [-0.2, -0.15) is 15.4 Å². The Bertz CT molecular complexity index is 305. The Labute approximate surface area is 83.3 Å². The molecule has 3 aliphatic carbocycles. The van der Waals surface area contributed by atoms with Crippen LogP contribution in [0.1, 0.15) is 44.2 Å². The number of nitrogens with zero attached hydrogens (tertiary/aromatic N) is 2. The van der Waals surface area contributed by atoms with Crippen LogP contribution in [0.25, 0.3) is 0 Å². The quantitative estimate of drug-likeness (QED) is 0.700. The van der Waals surface area contributed by atoms with Crippen LogP contribution in [-0.2, 0) is 5.41 Å². The van der Waals surface area contributed by atoms with Crippen LogP contribution in [0.15, 0.2) is 6.20 Å². The number of rotatable bonds is 1. The summed E-state index contributed by atoms with van der Waals surface area (Å²) in [5.41, 5.74) is 7.86. The van der Waals surface area contributed by atoms with Crippen molar-refractivity contribution in [2.24, 2.45) is 5.73 Å². The molecule has 3 fully saturated rings. The van der Waals surface area contributed by atoms with Crippen molar-refractivity contribution in [1.82, 2.24) is 15.4 Å². The average Bonchev–Trinajstić information content (AvgIpc) is 2.73. The third kappa shape index (κ3) is 1.03. The molecule has 2 bridgehead atoms. The Hall–Kier alpha value is -0.900. The zero-order valence-corrected chi connectivity index (χ0v) is 8.29. The molecule has 76 valence electrons. The normalized spacial score (nSPS) is 41.5. The molecule has 0 aliphatic heterocycles. The lowest BCUT2D eigenvalue weighted by Gasteiger charge is -2.50. The summed E-state index contributed by atoms with van der Waals surface area (Å²) in [6.45, 7) is 0. The largest absolute Gasteiger partial charge is 0.325 e. The second kappa shape index (κ2) is 2.57. The van der Waals surface area contributed by atoms with Gasteiger partial charge in [-0.1, -0.05) is 0 Å². The smallest absolute Gasteiger partial charge is 0.0886 e. The summed E-state index contributed by atoms with van der Waals surface area (Å²) in [4.78, 5) is 0. The molecule has 1 aromatic heterocycles. The number of aromatic amines is 1. The fourth-order valence-electron chi connectivity index (χ4n) is 3.06. The van der Waals surface area contributed by atoms with E-state index in [-0.39, 0.29) is 5.54 Å². The van der Waals surface area contributed by atoms with Gasteiger partial charge in [-0.3, -0.25) is 0 Å². The molecule has 3 saturated carbocycles. The number of hydrogen-bond acceptors (Lipinski definition) is 3. The maximum Gasteiger partial charge on any atom is 0.0886 e. The van der Waals surface area contributed by atoms with Gasteiger partial charge in [-0.25, -0.2) is 0 Å². The fourth-order valence-corrected chi connectivity index (χ4v) is 3.06. The number of nitrogens with two attached hydrogens (primary N) is 1. The zero-order chi connectivity index (χ0) is 9.65. The van der Waals surface area contributed by atoms with Gasteiger partial charge in [0.2, 0.25) is 0 Å². The maximum atomic E-state index is 6.26. The van der Waals surface area contributed by atoms with E-state index in [1.54, 1.807) is 0 Å². The van der Waals surface area contributed by atoms with E-state index in [1.807, 2.05) is 6.20 Å². The molecule has 0 radical (unpaired) electrons. The Morgan fingerprint density at radius 3 is 2.29 bits per heavy atom. The first kappa shape index (κ1) is 8.41. The van der Waals surface area contributed by atoms with Crippen LogP contribution in [0, 0.1) is 0 Å². The SMILES string of the molecule is NC12CCC(c3cn[nH]n3)(CC1)CC2. The molecule has 1 aromatic rings. The predicted molar refractivity (Wildman–Crippen MR) is 52.7 cm³/mol. The van der Waals surface area contributed by atoms with E-state index in [0.717, 1.165) is 25.0 Å². The highest BCUT2D eigenvalue weighted by molar-refractivity contribution is 5.19. The highest BCUT2D eigenvalue weighted by Crippen LogP contribution is 2.51. The number of hydrogen-bond donors (Lipinski definition) is 2. The second-order valence-corrected chi connectivity index (χ2v) is 5.00. The first-order valence-electron chi connectivity index (χ1n) is 5.38. The molecule has 14 heavy (non-hydrogen) atoms. The van der Waals surface area contributed by atoms with Gasteiger partial charge < -0.3 is 5.73 Å². The molecule has 3 aliphatic rings. The Morgan fingerprint density at radius 1 is 1.14 bits per heavy atom. The van der Waals surface area contributed by atoms with Crippen molar-refractivity contribution in [2.75, 3.05) is 0 Å². The topological polar surface area (TPSA) is 67.6 Å². The maximum absolute atomic E-state index is 6.26. The van der Waals surface area contributed by atoms with E-state index in [0.29, 0.717) is 5.41 Å². The number of H-pyrrole nitrogens is 1. The Kier molecular flexibility index (Phi) is 1.54. The van der Waals surface area contributed by atoms with Gasteiger partial charge in [-0.15, -0.1) is 0 Å². The highest BCUT2D eigenvalue weighted by Gasteiger charge is 2.48. The van der Waals surface area contributed by atoms with E-state index < -0.39 is 0 Å². The van der Waals surface area contributed by atoms with Crippen molar-refractivity contribution < 1.29 is 0 Å². The Morgan fingerprint density at radius 2 is 1.79 bits per heavy atom. The van der Waals surface area contributed by atoms with E-state index >= 15 is 0 Å². The van der Waals surface area contributed by atoms with Crippen molar-refractivity contribution in [3.8, 4) is 0 Å². The van der Waals surface area contributed by atoms with Gasteiger partial charge in [0.1, 0.15) is 0 Å². The van der Waals surface area contributed by atoms with Crippen molar-refractivity contribution in [2.45, 2.75) is 49.5 Å². The van der Waals surface area contributed by atoms with Crippen LogP contribution in [0.2, 0.25) is 0 Å². The molecule has 0 amide bonds. The molecular weight excluding hydrogens is 176 g/mol. The molecule has 0 atom stereocenters. The first-order valence-corrected chi connectivity index (χ1v) is 5.38. The average molecular weight is 192 g/mol. The van der Waals surface area contributed by atoms with Gasteiger partial charge in [0, 0.05) is 11.0 Å². The molecular formula is C10H16N4. The fraction of sp³-hybridized carbons (Fsp3) is 0.800. The molecule has 0 unspecified atom stereocenters. The third-order valence-electron chi connectivity index (χ3n) is 4.26. The lowest BCUT2D eigenvalue weighted by atomic mass is 9.56. The molecule has 4 nitrogen and oxygen atoms in total. The van der Waals surface area contributed by atoms with Crippen molar-refractivity contribution in [3.05, 3.63) is 11.9 Å². The van der Waals surface area contributed by atoms with Crippen LogP contribution >= 0.6 is 0 Å². The molecule has 0 spiro atoms. The van der Waals surface area contributed by atoms with Crippen LogP contribution in [0.4, 0.5) is 0 Å². The summed E-state index contributed by atoms with van der Waals surface area (Å²) in [6, 6.07) is 0. The number of fused-ring (bicyclic) bond motifs is 3. The van der Waals surface area contributed by atoms with E-state index in [9.17, 15) is 0 Å². The third-order valence-corrected chi connectivity index (χ3v) is 4.26. The molecule has 3 N–H and O–H groups in total. The van der Waals surface area contributed by atoms with Gasteiger partial charge in [0.05, 0.1) is 11.9 Å². The van der Waals surface area contributed by atoms with Crippen LogP contribution in [0.3, 0.4) is 0 Å². The van der Waals surface area contributed by atoms with Crippen LogP contribution in [0.5, 0.6) is 0 Å². The van der Waals surface area contributed by atoms with Crippen LogP contribution in [-0.4, -0.2) is 20.9 Å². The van der Waals surface area contributed by atoms with E-state index in [1.165, 1.54) is 19.3 Å². The molecule has 1 heterocycles. The summed E-state index contributed by atoms with van der Waals surface area (Å²) in [6.07, 6.45) is 8.91. The molecule has 0 aromatic carbocycles. The summed E-state index contributed by atoms with van der Waals surface area (Å²) < 4.78 is 0. The minimum atomic E-state index is 0.144. The second-order valence-electron chi connectivity index (χ2n) is 5.00. The first-order chi connectivity index (χ1) is 6.73. The molecule has 4 heteroatoms. The Balaban J connectivity index is 1.93. The lowest BCUT2D eigenvalue weighted by Crippen LogP contribution is -2.53. The van der Waals surface area contributed by atoms with Crippen molar-refractivity contribution >= 4 is 0 Å². The van der Waals surface area contributed by atoms with Gasteiger partial charge in [0.25, 0.3) is 0 Å². The van der Waals surface area contributed by atoms with Crippen LogP contribution < -0.4 is 5.73 Å². The molecule has 0 saturated heterocycles. The van der Waals surface area contributed by atoms with Crippen molar-refractivity contribution in [3.63, 3.8) is 0 Å². The highest BCUT2D eigenvalue weighted by atomic mass is 15.3.